The zero-order chi connectivity index (χ0) is 15.6. The first-order valence-corrected chi connectivity index (χ1v) is 6.03. The molecule has 0 radical (unpaired) electrons. The molecule has 0 saturated heterocycles. The van der Waals surface area contributed by atoms with Gasteiger partial charge in [-0.3, -0.25) is 14.5 Å². The number of hydrogen-bond donors (Lipinski definition) is 0. The highest BCUT2D eigenvalue weighted by Crippen LogP contribution is 2.27. The van der Waals surface area contributed by atoms with Crippen molar-refractivity contribution < 1.29 is 18.0 Å². The predicted octanol–water partition coefficient (Wildman–Crippen LogP) is 2.11. The average Bonchev–Trinajstić information content (AvgIpc) is 2.82. The number of carbonyl (C=O) groups is 1. The lowest BCUT2D eigenvalue weighted by molar-refractivity contribution is -0.141. The Morgan fingerprint density at radius 1 is 1.33 bits per heavy atom. The third kappa shape index (κ3) is 3.59. The van der Waals surface area contributed by atoms with Gasteiger partial charge in [0.2, 0.25) is 0 Å². The van der Waals surface area contributed by atoms with Gasteiger partial charge in [-0.2, -0.15) is 18.3 Å². The molecule has 2 rings (SSSR count). The Hall–Kier alpha value is -2.38. The summed E-state index contributed by atoms with van der Waals surface area (Å²) in [4.78, 5) is 16.8. The van der Waals surface area contributed by atoms with Crippen molar-refractivity contribution in [3.05, 3.63) is 47.5 Å². The second kappa shape index (κ2) is 5.55. The van der Waals surface area contributed by atoms with E-state index in [0.29, 0.717) is 6.54 Å². The number of nitrogens with zero attached hydrogens (tertiary/aromatic N) is 4. The van der Waals surface area contributed by atoms with Gasteiger partial charge in [-0.1, -0.05) is 0 Å². The van der Waals surface area contributed by atoms with Crippen LogP contribution >= 0.6 is 0 Å². The van der Waals surface area contributed by atoms with E-state index in [2.05, 4.69) is 10.1 Å². The first-order valence-electron chi connectivity index (χ1n) is 6.03. The summed E-state index contributed by atoms with van der Waals surface area (Å²) in [6, 6.07) is 1.92. The number of carbonyl (C=O) groups excluding carboxylic acids is 1. The van der Waals surface area contributed by atoms with Gasteiger partial charge >= 0.3 is 6.18 Å². The molecule has 0 unspecified atom stereocenters. The van der Waals surface area contributed by atoms with E-state index in [-0.39, 0.29) is 5.56 Å². The minimum Gasteiger partial charge on any atom is -0.337 e. The molecule has 0 aromatic carbocycles. The molecule has 0 atom stereocenters. The Kier molecular flexibility index (Phi) is 3.97. The summed E-state index contributed by atoms with van der Waals surface area (Å²) in [6.45, 7) is 0.313. The molecule has 0 aliphatic rings. The summed E-state index contributed by atoms with van der Waals surface area (Å²) < 4.78 is 38.8. The number of amides is 1. The van der Waals surface area contributed by atoms with Crippen LogP contribution in [0.2, 0.25) is 0 Å². The van der Waals surface area contributed by atoms with Gasteiger partial charge < -0.3 is 4.90 Å². The zero-order valence-corrected chi connectivity index (χ0v) is 11.4. The van der Waals surface area contributed by atoms with Crippen molar-refractivity contribution in [2.75, 3.05) is 7.05 Å². The first-order chi connectivity index (χ1) is 9.77. The molecular weight excluding hydrogens is 285 g/mol. The topological polar surface area (TPSA) is 51.0 Å². The Labute approximate surface area is 119 Å². The summed E-state index contributed by atoms with van der Waals surface area (Å²) in [5.41, 5.74) is -0.0865. The molecule has 2 aromatic rings. The van der Waals surface area contributed by atoms with E-state index in [1.807, 2.05) is 0 Å². The fourth-order valence-corrected chi connectivity index (χ4v) is 1.81. The third-order valence-corrected chi connectivity index (χ3v) is 2.83. The quantitative estimate of drug-likeness (QED) is 0.872. The molecule has 0 aliphatic heterocycles. The minimum absolute atomic E-state index is 0.106. The lowest BCUT2D eigenvalue weighted by atomic mass is 10.2. The Balaban J connectivity index is 2.08. The lowest BCUT2D eigenvalue weighted by Crippen LogP contribution is -2.26. The van der Waals surface area contributed by atoms with Crippen molar-refractivity contribution >= 4 is 5.91 Å². The molecular formula is C13H13F3N4O. The number of halogens is 3. The maximum atomic E-state index is 12.4. The van der Waals surface area contributed by atoms with Crippen LogP contribution in [0.25, 0.3) is 0 Å². The van der Waals surface area contributed by atoms with E-state index < -0.39 is 17.8 Å². The monoisotopic (exact) mass is 298 g/mol. The van der Waals surface area contributed by atoms with Gasteiger partial charge in [0.1, 0.15) is 5.69 Å². The SMILES string of the molecule is CN(Cc1cnn(C)c1)C(=O)c1ccc(C(F)(F)F)nc1. The minimum atomic E-state index is -4.51. The standard InChI is InChI=1S/C13H13F3N4O/c1-19(7-9-5-18-20(2)8-9)12(21)10-3-4-11(17-6-10)13(14,15)16/h3-6,8H,7H2,1-2H3. The van der Waals surface area contributed by atoms with Gasteiger partial charge in [0, 0.05) is 38.6 Å². The van der Waals surface area contributed by atoms with Gasteiger partial charge in [-0.05, 0) is 12.1 Å². The third-order valence-electron chi connectivity index (χ3n) is 2.83. The second-order valence-corrected chi connectivity index (χ2v) is 4.61. The fourth-order valence-electron chi connectivity index (χ4n) is 1.81. The molecule has 0 saturated carbocycles. The van der Waals surface area contributed by atoms with Crippen LogP contribution in [0.4, 0.5) is 13.2 Å². The number of pyridine rings is 1. The molecule has 112 valence electrons. The predicted molar refractivity (Wildman–Crippen MR) is 68.2 cm³/mol. The first kappa shape index (κ1) is 15.0. The van der Waals surface area contributed by atoms with Gasteiger partial charge in [-0.25, -0.2) is 0 Å². The fraction of sp³-hybridized carbons (Fsp3) is 0.308. The van der Waals surface area contributed by atoms with E-state index in [0.717, 1.165) is 23.9 Å². The second-order valence-electron chi connectivity index (χ2n) is 4.61. The van der Waals surface area contributed by atoms with Crippen molar-refractivity contribution in [2.45, 2.75) is 12.7 Å². The van der Waals surface area contributed by atoms with Crippen molar-refractivity contribution in [3.8, 4) is 0 Å². The smallest absolute Gasteiger partial charge is 0.337 e. The van der Waals surface area contributed by atoms with Crippen LogP contribution in [0.3, 0.4) is 0 Å². The van der Waals surface area contributed by atoms with Gasteiger partial charge in [0.25, 0.3) is 5.91 Å². The van der Waals surface area contributed by atoms with Crippen LogP contribution in [0.5, 0.6) is 0 Å². The lowest BCUT2D eigenvalue weighted by Gasteiger charge is -2.16. The van der Waals surface area contributed by atoms with Crippen LogP contribution < -0.4 is 0 Å². The maximum absolute atomic E-state index is 12.4. The molecule has 5 nitrogen and oxygen atoms in total. The molecule has 0 N–H and O–H groups in total. The summed E-state index contributed by atoms with van der Waals surface area (Å²) in [5.74, 6) is -0.403. The van der Waals surface area contributed by atoms with Gasteiger partial charge in [-0.15, -0.1) is 0 Å². The highest BCUT2D eigenvalue weighted by atomic mass is 19.4. The van der Waals surface area contributed by atoms with E-state index in [4.69, 9.17) is 0 Å². The molecule has 8 heteroatoms. The molecule has 2 heterocycles. The molecule has 2 aromatic heterocycles. The van der Waals surface area contributed by atoms with Crippen LogP contribution in [-0.2, 0) is 19.8 Å². The van der Waals surface area contributed by atoms with Crippen LogP contribution in [-0.4, -0.2) is 32.6 Å². The maximum Gasteiger partial charge on any atom is 0.433 e. The van der Waals surface area contributed by atoms with Crippen molar-refractivity contribution in [3.63, 3.8) is 0 Å². The molecule has 0 aliphatic carbocycles. The molecule has 0 bridgehead atoms. The van der Waals surface area contributed by atoms with Crippen molar-refractivity contribution in [2.24, 2.45) is 7.05 Å². The summed E-state index contributed by atoms with van der Waals surface area (Å²) >= 11 is 0. The summed E-state index contributed by atoms with van der Waals surface area (Å²) in [5, 5.41) is 3.98. The number of hydrogen-bond acceptors (Lipinski definition) is 3. The van der Waals surface area contributed by atoms with E-state index in [1.165, 1.54) is 4.90 Å². The van der Waals surface area contributed by atoms with Crippen LogP contribution in [0.1, 0.15) is 21.6 Å². The van der Waals surface area contributed by atoms with Crippen molar-refractivity contribution in [1.82, 2.24) is 19.7 Å². The number of aryl methyl sites for hydroxylation is 1. The van der Waals surface area contributed by atoms with Crippen molar-refractivity contribution in [1.29, 1.82) is 0 Å². The van der Waals surface area contributed by atoms with Gasteiger partial charge in [0.05, 0.1) is 11.8 Å². The normalized spacial score (nSPS) is 11.5. The largest absolute Gasteiger partial charge is 0.433 e. The number of aromatic nitrogens is 3. The molecule has 0 fully saturated rings. The Morgan fingerprint density at radius 2 is 2.05 bits per heavy atom. The zero-order valence-electron chi connectivity index (χ0n) is 11.4. The number of rotatable bonds is 3. The molecule has 1 amide bonds. The van der Waals surface area contributed by atoms with Gasteiger partial charge in [0.15, 0.2) is 0 Å². The highest BCUT2D eigenvalue weighted by Gasteiger charge is 2.32. The highest BCUT2D eigenvalue weighted by molar-refractivity contribution is 5.93. The number of alkyl halides is 3. The molecule has 21 heavy (non-hydrogen) atoms. The summed E-state index contributed by atoms with van der Waals surface area (Å²) in [6.07, 6.45) is -0.197. The Morgan fingerprint density at radius 3 is 2.52 bits per heavy atom. The van der Waals surface area contributed by atoms with E-state index in [9.17, 15) is 18.0 Å². The Bertz CT molecular complexity index is 634. The summed E-state index contributed by atoms with van der Waals surface area (Å²) in [7, 11) is 3.32. The van der Waals surface area contributed by atoms with E-state index in [1.54, 1.807) is 31.2 Å². The van der Waals surface area contributed by atoms with Crippen LogP contribution in [0.15, 0.2) is 30.7 Å². The molecule has 0 spiro atoms. The average molecular weight is 298 g/mol. The van der Waals surface area contributed by atoms with Crippen LogP contribution in [0, 0.1) is 0 Å². The van der Waals surface area contributed by atoms with E-state index >= 15 is 0 Å².